The minimum atomic E-state index is 0.0685. The van der Waals surface area contributed by atoms with Gasteiger partial charge in [0.2, 0.25) is 0 Å². The van der Waals surface area contributed by atoms with Crippen molar-refractivity contribution < 1.29 is 0 Å². The molecule has 0 atom stereocenters. The standard InChI is InChI=1S/C11H21N5S2/c1-2-3-5-16(10(13)14)11-15-9(8-18-11)7-17-6-4-12/h8H,2-7,12H2,1H3,(H3,13,14). The predicted molar refractivity (Wildman–Crippen MR) is 81.5 cm³/mol. The van der Waals surface area contributed by atoms with Crippen molar-refractivity contribution in [2.75, 3.05) is 23.7 Å². The van der Waals surface area contributed by atoms with Crippen LogP contribution in [0.1, 0.15) is 25.5 Å². The van der Waals surface area contributed by atoms with Crippen LogP contribution >= 0.6 is 23.1 Å². The van der Waals surface area contributed by atoms with Gasteiger partial charge in [0.15, 0.2) is 11.1 Å². The highest BCUT2D eigenvalue weighted by Gasteiger charge is 2.13. The van der Waals surface area contributed by atoms with E-state index in [-0.39, 0.29) is 5.96 Å². The summed E-state index contributed by atoms with van der Waals surface area (Å²) in [5, 5.41) is 10.4. The Hall–Kier alpha value is -0.790. The van der Waals surface area contributed by atoms with Gasteiger partial charge in [-0.1, -0.05) is 13.3 Å². The van der Waals surface area contributed by atoms with Gasteiger partial charge in [0.1, 0.15) is 0 Å². The maximum Gasteiger partial charge on any atom is 0.194 e. The van der Waals surface area contributed by atoms with Crippen LogP contribution in [-0.4, -0.2) is 29.8 Å². The van der Waals surface area contributed by atoms with Crippen LogP contribution < -0.4 is 16.4 Å². The minimum absolute atomic E-state index is 0.0685. The fourth-order valence-corrected chi connectivity index (χ4v) is 3.02. The second-order valence-corrected chi connectivity index (χ2v) is 5.79. The van der Waals surface area contributed by atoms with E-state index in [2.05, 4.69) is 11.9 Å². The second-order valence-electron chi connectivity index (χ2n) is 3.85. The zero-order chi connectivity index (χ0) is 13.4. The van der Waals surface area contributed by atoms with E-state index >= 15 is 0 Å². The van der Waals surface area contributed by atoms with E-state index in [1.807, 2.05) is 5.38 Å². The van der Waals surface area contributed by atoms with Gasteiger partial charge in [-0.25, -0.2) is 4.98 Å². The molecule has 0 saturated heterocycles. The molecule has 0 saturated carbocycles. The van der Waals surface area contributed by atoms with Crippen LogP contribution in [0.5, 0.6) is 0 Å². The lowest BCUT2D eigenvalue weighted by atomic mass is 10.3. The Morgan fingerprint density at radius 1 is 1.61 bits per heavy atom. The van der Waals surface area contributed by atoms with Gasteiger partial charge in [0, 0.05) is 30.0 Å². The molecule has 1 aromatic rings. The number of hydrogen-bond donors (Lipinski definition) is 3. The molecule has 1 aromatic heterocycles. The maximum absolute atomic E-state index is 7.59. The highest BCUT2D eigenvalue weighted by molar-refractivity contribution is 7.98. The highest BCUT2D eigenvalue weighted by atomic mass is 32.2. The van der Waals surface area contributed by atoms with Crippen molar-refractivity contribution >= 4 is 34.2 Å². The highest BCUT2D eigenvalue weighted by Crippen LogP contribution is 2.23. The van der Waals surface area contributed by atoms with Crippen LogP contribution in [0.3, 0.4) is 0 Å². The minimum Gasteiger partial charge on any atom is -0.370 e. The number of nitrogens with one attached hydrogen (secondary N) is 1. The van der Waals surface area contributed by atoms with Gasteiger partial charge in [-0.2, -0.15) is 11.8 Å². The van der Waals surface area contributed by atoms with Crippen molar-refractivity contribution in [3.8, 4) is 0 Å². The van der Waals surface area contributed by atoms with Crippen LogP contribution in [-0.2, 0) is 5.75 Å². The topological polar surface area (TPSA) is 92.0 Å². The third kappa shape index (κ3) is 4.83. The summed E-state index contributed by atoms with van der Waals surface area (Å²) in [5.74, 6) is 1.88. The number of anilines is 1. The first-order valence-electron chi connectivity index (χ1n) is 6.02. The molecule has 0 fully saturated rings. The van der Waals surface area contributed by atoms with Crippen molar-refractivity contribution in [2.45, 2.75) is 25.5 Å². The SMILES string of the molecule is CCCCN(C(=N)N)c1nc(CSCCN)cs1. The molecule has 0 radical (unpaired) electrons. The fraction of sp³-hybridized carbons (Fsp3) is 0.636. The lowest BCUT2D eigenvalue weighted by Crippen LogP contribution is -2.37. The number of guanidine groups is 1. The van der Waals surface area contributed by atoms with Gasteiger partial charge >= 0.3 is 0 Å². The van der Waals surface area contributed by atoms with Crippen LogP contribution in [0.4, 0.5) is 5.13 Å². The smallest absolute Gasteiger partial charge is 0.194 e. The molecule has 0 amide bonds. The third-order valence-electron chi connectivity index (χ3n) is 2.31. The molecule has 0 aliphatic heterocycles. The molecular weight excluding hydrogens is 266 g/mol. The number of unbranched alkanes of at least 4 members (excludes halogenated alkanes) is 1. The van der Waals surface area contributed by atoms with Gasteiger partial charge < -0.3 is 11.5 Å². The average Bonchev–Trinajstić information content (AvgIpc) is 2.78. The number of aromatic nitrogens is 1. The summed E-state index contributed by atoms with van der Waals surface area (Å²) < 4.78 is 0. The number of thiazole rings is 1. The van der Waals surface area contributed by atoms with Crippen molar-refractivity contribution in [3.63, 3.8) is 0 Å². The first kappa shape index (κ1) is 15.3. The first-order valence-corrected chi connectivity index (χ1v) is 8.06. The normalized spacial score (nSPS) is 10.6. The number of nitrogens with two attached hydrogens (primary N) is 2. The molecule has 0 unspecified atom stereocenters. The monoisotopic (exact) mass is 287 g/mol. The van der Waals surface area contributed by atoms with E-state index in [0.29, 0.717) is 6.54 Å². The molecule has 0 aliphatic rings. The largest absolute Gasteiger partial charge is 0.370 e. The van der Waals surface area contributed by atoms with Crippen LogP contribution in [0.2, 0.25) is 0 Å². The molecule has 1 rings (SSSR count). The summed E-state index contributed by atoms with van der Waals surface area (Å²) in [6.45, 7) is 3.57. The molecule has 5 N–H and O–H groups in total. The average molecular weight is 287 g/mol. The number of thioether (sulfide) groups is 1. The quantitative estimate of drug-likeness (QED) is 0.385. The van der Waals surface area contributed by atoms with Crippen molar-refractivity contribution in [1.82, 2.24) is 4.98 Å². The maximum atomic E-state index is 7.59. The van der Waals surface area contributed by atoms with Crippen LogP contribution in [0.15, 0.2) is 5.38 Å². The van der Waals surface area contributed by atoms with Gasteiger partial charge in [-0.05, 0) is 6.42 Å². The molecule has 0 spiro atoms. The molecular formula is C11H21N5S2. The van der Waals surface area contributed by atoms with E-state index in [1.54, 1.807) is 28.0 Å². The summed E-state index contributed by atoms with van der Waals surface area (Å²) in [4.78, 5) is 6.29. The lowest BCUT2D eigenvalue weighted by Gasteiger charge is -2.18. The summed E-state index contributed by atoms with van der Waals surface area (Å²) in [6.07, 6.45) is 2.09. The van der Waals surface area contributed by atoms with Gasteiger partial charge in [0.05, 0.1) is 5.69 Å². The van der Waals surface area contributed by atoms with Crippen molar-refractivity contribution in [1.29, 1.82) is 5.41 Å². The Kier molecular flexibility index (Phi) is 7.07. The summed E-state index contributed by atoms with van der Waals surface area (Å²) in [7, 11) is 0. The zero-order valence-corrected chi connectivity index (χ0v) is 12.3. The molecule has 5 nitrogen and oxygen atoms in total. The Morgan fingerprint density at radius 2 is 2.39 bits per heavy atom. The number of nitrogens with zero attached hydrogens (tertiary/aromatic N) is 2. The Balaban J connectivity index is 2.59. The van der Waals surface area contributed by atoms with E-state index in [1.165, 1.54) is 0 Å². The molecule has 102 valence electrons. The van der Waals surface area contributed by atoms with Crippen LogP contribution in [0.25, 0.3) is 0 Å². The molecule has 1 heterocycles. The second kappa shape index (κ2) is 8.34. The van der Waals surface area contributed by atoms with Gasteiger partial charge in [0.25, 0.3) is 0 Å². The lowest BCUT2D eigenvalue weighted by molar-refractivity contribution is 0.788. The first-order chi connectivity index (χ1) is 8.69. The zero-order valence-electron chi connectivity index (χ0n) is 10.7. The van der Waals surface area contributed by atoms with Crippen LogP contribution in [0, 0.1) is 5.41 Å². The van der Waals surface area contributed by atoms with Gasteiger partial charge in [-0.15, -0.1) is 11.3 Å². The summed E-state index contributed by atoms with van der Waals surface area (Å²) in [6, 6.07) is 0. The van der Waals surface area contributed by atoms with E-state index in [0.717, 1.165) is 41.7 Å². The fourth-order valence-electron chi connectivity index (χ4n) is 1.38. The van der Waals surface area contributed by atoms with Crippen molar-refractivity contribution in [2.24, 2.45) is 11.5 Å². The third-order valence-corrected chi connectivity index (χ3v) is 4.25. The van der Waals surface area contributed by atoms with E-state index in [9.17, 15) is 0 Å². The molecule has 0 aliphatic carbocycles. The molecule has 0 bridgehead atoms. The Morgan fingerprint density at radius 3 is 3.00 bits per heavy atom. The molecule has 0 aromatic carbocycles. The summed E-state index contributed by atoms with van der Waals surface area (Å²) in [5.41, 5.74) is 12.1. The van der Waals surface area contributed by atoms with Crippen molar-refractivity contribution in [3.05, 3.63) is 11.1 Å². The molecule has 18 heavy (non-hydrogen) atoms. The number of hydrogen-bond acceptors (Lipinski definition) is 5. The number of rotatable bonds is 8. The molecule has 7 heteroatoms. The Labute approximate surface area is 116 Å². The summed E-state index contributed by atoms with van der Waals surface area (Å²) >= 11 is 3.32. The Bertz CT molecular complexity index is 366. The van der Waals surface area contributed by atoms with E-state index in [4.69, 9.17) is 16.9 Å². The van der Waals surface area contributed by atoms with Gasteiger partial charge in [-0.3, -0.25) is 10.3 Å². The van der Waals surface area contributed by atoms with E-state index < -0.39 is 0 Å². The predicted octanol–water partition coefficient (Wildman–Crippen LogP) is 1.83.